The molecule has 5 heteroatoms. The number of ether oxygens (including phenoxy) is 1. The lowest BCUT2D eigenvalue weighted by atomic mass is 9.87. The molecule has 2 rings (SSSR count). The second kappa shape index (κ2) is 8.11. The van der Waals surface area contributed by atoms with Gasteiger partial charge in [0.25, 0.3) is 5.91 Å². The number of halogens is 2. The zero-order chi connectivity index (χ0) is 18.6. The molecule has 0 saturated heterocycles. The van der Waals surface area contributed by atoms with Gasteiger partial charge in [-0.25, -0.2) is 0 Å². The Morgan fingerprint density at radius 3 is 2.32 bits per heavy atom. The Bertz CT molecular complexity index is 736. The van der Waals surface area contributed by atoms with Crippen molar-refractivity contribution >= 4 is 29.1 Å². The summed E-state index contributed by atoms with van der Waals surface area (Å²) >= 11 is 12.0. The summed E-state index contributed by atoms with van der Waals surface area (Å²) in [5.41, 5.74) is 2.11. The first-order chi connectivity index (χ1) is 11.7. The highest BCUT2D eigenvalue weighted by Crippen LogP contribution is 2.25. The van der Waals surface area contributed by atoms with E-state index >= 15 is 0 Å². The minimum Gasteiger partial charge on any atom is -0.481 e. The molecule has 0 aliphatic heterocycles. The van der Waals surface area contributed by atoms with Crippen LogP contribution in [-0.4, -0.2) is 12.0 Å². The molecule has 0 aliphatic carbocycles. The Morgan fingerprint density at radius 1 is 1.12 bits per heavy atom. The second-order valence-corrected chi connectivity index (χ2v) is 7.83. The fraction of sp³-hybridized carbons (Fsp3) is 0.350. The van der Waals surface area contributed by atoms with Gasteiger partial charge in [0, 0.05) is 16.6 Å². The van der Waals surface area contributed by atoms with Gasteiger partial charge < -0.3 is 10.1 Å². The lowest BCUT2D eigenvalue weighted by molar-refractivity contribution is -0.127. The van der Waals surface area contributed by atoms with Crippen molar-refractivity contribution in [1.29, 1.82) is 0 Å². The average Bonchev–Trinajstić information content (AvgIpc) is 2.53. The molecule has 25 heavy (non-hydrogen) atoms. The number of hydrogen-bond acceptors (Lipinski definition) is 2. The first-order valence-corrected chi connectivity index (χ1v) is 8.91. The fourth-order valence-electron chi connectivity index (χ4n) is 2.28. The molecule has 1 unspecified atom stereocenters. The first-order valence-electron chi connectivity index (χ1n) is 8.15. The minimum absolute atomic E-state index is 0.0827. The van der Waals surface area contributed by atoms with Crippen LogP contribution in [-0.2, 0) is 16.8 Å². The normalized spacial score (nSPS) is 12.6. The molecule has 0 bridgehead atoms. The van der Waals surface area contributed by atoms with Crippen molar-refractivity contribution in [3.8, 4) is 5.75 Å². The summed E-state index contributed by atoms with van der Waals surface area (Å²) in [5, 5.41) is 3.92. The standard InChI is InChI=1S/C20H23Cl2NO2/c1-13(25-17-9-6-15(7-10-17)20(2,3)4)19(24)23-12-14-5-8-16(21)11-18(14)22/h5-11,13H,12H2,1-4H3,(H,23,24). The molecule has 0 spiro atoms. The maximum absolute atomic E-state index is 12.2. The SMILES string of the molecule is CC(Oc1ccc(C(C)(C)C)cc1)C(=O)NCc1ccc(Cl)cc1Cl. The summed E-state index contributed by atoms with van der Waals surface area (Å²) in [5.74, 6) is 0.464. The van der Waals surface area contributed by atoms with Crippen LogP contribution in [0.1, 0.15) is 38.8 Å². The second-order valence-electron chi connectivity index (χ2n) is 6.99. The molecule has 2 aromatic carbocycles. The largest absolute Gasteiger partial charge is 0.481 e. The van der Waals surface area contributed by atoms with Crippen LogP contribution < -0.4 is 10.1 Å². The highest BCUT2D eigenvalue weighted by Gasteiger charge is 2.16. The van der Waals surface area contributed by atoms with Crippen molar-refractivity contribution in [2.45, 2.75) is 45.8 Å². The summed E-state index contributed by atoms with van der Waals surface area (Å²) < 4.78 is 5.72. The molecule has 0 aliphatic rings. The fourth-order valence-corrected chi connectivity index (χ4v) is 2.76. The Kier molecular flexibility index (Phi) is 6.36. The van der Waals surface area contributed by atoms with Crippen molar-refractivity contribution in [2.24, 2.45) is 0 Å². The minimum atomic E-state index is -0.605. The Labute approximate surface area is 159 Å². The lowest BCUT2D eigenvalue weighted by Crippen LogP contribution is -2.36. The average molecular weight is 380 g/mol. The van der Waals surface area contributed by atoms with E-state index in [1.807, 2.05) is 24.3 Å². The molecule has 3 nitrogen and oxygen atoms in total. The first kappa shape index (κ1) is 19.6. The van der Waals surface area contributed by atoms with Crippen molar-refractivity contribution in [3.63, 3.8) is 0 Å². The highest BCUT2D eigenvalue weighted by molar-refractivity contribution is 6.35. The van der Waals surface area contributed by atoms with E-state index < -0.39 is 6.10 Å². The van der Waals surface area contributed by atoms with E-state index in [-0.39, 0.29) is 11.3 Å². The van der Waals surface area contributed by atoms with Crippen molar-refractivity contribution in [2.75, 3.05) is 0 Å². The predicted molar refractivity (Wildman–Crippen MR) is 104 cm³/mol. The van der Waals surface area contributed by atoms with Crippen molar-refractivity contribution in [1.82, 2.24) is 5.32 Å². The molecule has 0 aromatic heterocycles. The van der Waals surface area contributed by atoms with E-state index in [1.165, 1.54) is 5.56 Å². The van der Waals surface area contributed by atoms with Crippen LogP contribution >= 0.6 is 23.2 Å². The topological polar surface area (TPSA) is 38.3 Å². The smallest absolute Gasteiger partial charge is 0.261 e. The van der Waals surface area contributed by atoms with E-state index in [0.717, 1.165) is 5.56 Å². The third-order valence-electron chi connectivity index (χ3n) is 3.87. The molecule has 1 atom stereocenters. The van der Waals surface area contributed by atoms with Crippen LogP contribution in [0.15, 0.2) is 42.5 Å². The van der Waals surface area contributed by atoms with Crippen LogP contribution in [0.5, 0.6) is 5.75 Å². The number of nitrogens with one attached hydrogen (secondary N) is 1. The quantitative estimate of drug-likeness (QED) is 0.757. The van der Waals surface area contributed by atoms with Crippen LogP contribution in [0.3, 0.4) is 0 Å². The lowest BCUT2D eigenvalue weighted by Gasteiger charge is -2.20. The Balaban J connectivity index is 1.91. The monoisotopic (exact) mass is 379 g/mol. The molecule has 0 radical (unpaired) electrons. The van der Waals surface area contributed by atoms with Gasteiger partial charge in [-0.3, -0.25) is 4.79 Å². The zero-order valence-electron chi connectivity index (χ0n) is 14.9. The number of amides is 1. The third-order valence-corrected chi connectivity index (χ3v) is 4.46. The van der Waals surface area contributed by atoms with Gasteiger partial charge in [-0.2, -0.15) is 0 Å². The van der Waals surface area contributed by atoms with E-state index in [1.54, 1.807) is 25.1 Å². The molecule has 0 saturated carbocycles. The van der Waals surface area contributed by atoms with Gasteiger partial charge in [-0.1, -0.05) is 62.2 Å². The maximum Gasteiger partial charge on any atom is 0.261 e. The van der Waals surface area contributed by atoms with Crippen molar-refractivity contribution in [3.05, 3.63) is 63.6 Å². The molecule has 0 fully saturated rings. The molecule has 134 valence electrons. The Morgan fingerprint density at radius 2 is 1.76 bits per heavy atom. The van der Waals surface area contributed by atoms with Gasteiger partial charge in [-0.15, -0.1) is 0 Å². The number of carbonyl (C=O) groups is 1. The summed E-state index contributed by atoms with van der Waals surface area (Å²) in [7, 11) is 0. The van der Waals surface area contributed by atoms with Crippen LogP contribution in [0.25, 0.3) is 0 Å². The number of hydrogen-bond donors (Lipinski definition) is 1. The van der Waals surface area contributed by atoms with Crippen LogP contribution in [0, 0.1) is 0 Å². The van der Waals surface area contributed by atoms with Gasteiger partial charge >= 0.3 is 0 Å². The third kappa shape index (κ3) is 5.65. The van der Waals surface area contributed by atoms with Gasteiger partial charge in [0.15, 0.2) is 6.10 Å². The Hall–Kier alpha value is -1.71. The highest BCUT2D eigenvalue weighted by atomic mass is 35.5. The summed E-state index contributed by atoms with van der Waals surface area (Å²) in [6.07, 6.45) is -0.605. The molecular formula is C20H23Cl2NO2. The molecule has 1 N–H and O–H groups in total. The zero-order valence-corrected chi connectivity index (χ0v) is 16.4. The summed E-state index contributed by atoms with van der Waals surface area (Å²) in [4.78, 5) is 12.2. The van der Waals surface area contributed by atoms with E-state index in [4.69, 9.17) is 27.9 Å². The van der Waals surface area contributed by atoms with Gasteiger partial charge in [-0.05, 0) is 47.7 Å². The van der Waals surface area contributed by atoms with Crippen LogP contribution in [0.4, 0.5) is 0 Å². The van der Waals surface area contributed by atoms with Crippen molar-refractivity contribution < 1.29 is 9.53 Å². The van der Waals surface area contributed by atoms with Gasteiger partial charge in [0.1, 0.15) is 5.75 Å². The van der Waals surface area contributed by atoms with Gasteiger partial charge in [0.05, 0.1) is 0 Å². The van der Waals surface area contributed by atoms with Crippen LogP contribution in [0.2, 0.25) is 10.0 Å². The summed E-state index contributed by atoms with van der Waals surface area (Å²) in [6.45, 7) is 8.50. The van der Waals surface area contributed by atoms with E-state index in [2.05, 4.69) is 26.1 Å². The number of rotatable bonds is 5. The number of benzene rings is 2. The molecule has 0 heterocycles. The summed E-state index contributed by atoms with van der Waals surface area (Å²) in [6, 6.07) is 13.0. The predicted octanol–water partition coefficient (Wildman–Crippen LogP) is 5.37. The van der Waals surface area contributed by atoms with E-state index in [0.29, 0.717) is 22.3 Å². The maximum atomic E-state index is 12.2. The molecule has 1 amide bonds. The molecular weight excluding hydrogens is 357 g/mol. The number of carbonyl (C=O) groups excluding carboxylic acids is 1. The molecule has 2 aromatic rings. The van der Waals surface area contributed by atoms with Gasteiger partial charge in [0.2, 0.25) is 0 Å². The van der Waals surface area contributed by atoms with E-state index in [9.17, 15) is 4.79 Å².